The number of nitrogens with zero attached hydrogens (tertiary/aromatic N) is 1. The van der Waals surface area contributed by atoms with Crippen molar-refractivity contribution in [3.63, 3.8) is 0 Å². The van der Waals surface area contributed by atoms with Gasteiger partial charge in [-0.1, -0.05) is 13.8 Å². The third-order valence-corrected chi connectivity index (χ3v) is 5.23. The van der Waals surface area contributed by atoms with E-state index in [9.17, 15) is 4.39 Å². The largest absolute Gasteiger partial charge is 0.298 e. The SMILES string of the molecule is CCC1NC2NC(C)CC(NC3CCC(C)C(F)C3)N2N1. The molecular formula is C15H30FN5. The van der Waals surface area contributed by atoms with Gasteiger partial charge in [0, 0.05) is 12.1 Å². The fraction of sp³-hybridized carbons (Fsp3) is 1.00. The molecule has 1 saturated carbocycles. The molecule has 7 atom stereocenters. The summed E-state index contributed by atoms with van der Waals surface area (Å²) in [5, 5.41) is 13.1. The smallest absolute Gasteiger partial charge is 0.130 e. The predicted molar refractivity (Wildman–Crippen MR) is 81.8 cm³/mol. The average Bonchev–Trinajstić information content (AvgIpc) is 2.86. The summed E-state index contributed by atoms with van der Waals surface area (Å²) in [6.07, 6.45) is 4.91. The summed E-state index contributed by atoms with van der Waals surface area (Å²) in [6.45, 7) is 6.42. The third kappa shape index (κ3) is 3.40. The molecule has 3 rings (SSSR count). The maximum Gasteiger partial charge on any atom is 0.130 e. The summed E-state index contributed by atoms with van der Waals surface area (Å²) in [6, 6.07) is 0.756. The van der Waals surface area contributed by atoms with Crippen LogP contribution in [-0.4, -0.2) is 41.9 Å². The molecule has 0 bridgehead atoms. The molecule has 21 heavy (non-hydrogen) atoms. The van der Waals surface area contributed by atoms with E-state index in [1.165, 1.54) is 0 Å². The Bertz CT molecular complexity index is 355. The average molecular weight is 299 g/mol. The molecular weight excluding hydrogens is 269 g/mol. The molecule has 0 spiro atoms. The zero-order valence-corrected chi connectivity index (χ0v) is 13.4. The molecule has 0 radical (unpaired) electrons. The highest BCUT2D eigenvalue weighted by molar-refractivity contribution is 4.92. The monoisotopic (exact) mass is 299 g/mol. The molecule has 5 nitrogen and oxygen atoms in total. The molecule has 0 aromatic heterocycles. The Labute approximate surface area is 127 Å². The summed E-state index contributed by atoms with van der Waals surface area (Å²) in [5.41, 5.74) is 3.53. The van der Waals surface area contributed by atoms with Crippen molar-refractivity contribution < 1.29 is 4.39 Å². The van der Waals surface area contributed by atoms with Crippen LogP contribution in [0.5, 0.6) is 0 Å². The van der Waals surface area contributed by atoms with Gasteiger partial charge in [0.1, 0.15) is 12.5 Å². The first-order valence-corrected chi connectivity index (χ1v) is 8.53. The van der Waals surface area contributed by atoms with Gasteiger partial charge in [-0.3, -0.25) is 16.0 Å². The topological polar surface area (TPSA) is 51.4 Å². The van der Waals surface area contributed by atoms with E-state index in [2.05, 4.69) is 40.2 Å². The zero-order chi connectivity index (χ0) is 15.0. The minimum Gasteiger partial charge on any atom is -0.298 e. The Hall–Kier alpha value is -0.270. The van der Waals surface area contributed by atoms with Crippen LogP contribution in [0.15, 0.2) is 0 Å². The first kappa shape index (κ1) is 15.6. The first-order chi connectivity index (χ1) is 10.1. The Morgan fingerprint density at radius 2 is 2.00 bits per heavy atom. The van der Waals surface area contributed by atoms with Crippen LogP contribution in [-0.2, 0) is 0 Å². The van der Waals surface area contributed by atoms with E-state index in [4.69, 9.17) is 0 Å². The summed E-state index contributed by atoms with van der Waals surface area (Å²) in [4.78, 5) is 0. The molecule has 2 saturated heterocycles. The van der Waals surface area contributed by atoms with Crippen LogP contribution < -0.4 is 21.4 Å². The standard InChI is InChI=1S/C15H30FN5/c1-4-13-19-15-17-10(3)7-14(21(15)20-13)18-11-6-5-9(2)12(16)8-11/h9-15,17-20H,4-8H2,1-3H3. The molecule has 3 aliphatic rings. The van der Waals surface area contributed by atoms with E-state index >= 15 is 0 Å². The van der Waals surface area contributed by atoms with E-state index < -0.39 is 6.17 Å². The molecule has 3 fully saturated rings. The van der Waals surface area contributed by atoms with Crippen LogP contribution in [0, 0.1) is 5.92 Å². The first-order valence-electron chi connectivity index (χ1n) is 8.53. The highest BCUT2D eigenvalue weighted by Crippen LogP contribution is 2.28. The van der Waals surface area contributed by atoms with Crippen molar-refractivity contribution in [2.45, 2.75) is 89.8 Å². The Morgan fingerprint density at radius 3 is 2.71 bits per heavy atom. The van der Waals surface area contributed by atoms with Crippen molar-refractivity contribution in [2.24, 2.45) is 5.92 Å². The number of alkyl halides is 1. The van der Waals surface area contributed by atoms with E-state index in [1.54, 1.807) is 0 Å². The van der Waals surface area contributed by atoms with Crippen molar-refractivity contribution in [2.75, 3.05) is 0 Å². The number of fused-ring (bicyclic) bond motifs is 1. The van der Waals surface area contributed by atoms with Crippen molar-refractivity contribution in [1.29, 1.82) is 0 Å². The summed E-state index contributed by atoms with van der Waals surface area (Å²) >= 11 is 0. The van der Waals surface area contributed by atoms with Gasteiger partial charge in [0.05, 0.1) is 12.3 Å². The predicted octanol–water partition coefficient (Wildman–Crippen LogP) is 1.24. The molecule has 1 aliphatic carbocycles. The second-order valence-electron chi connectivity index (χ2n) is 7.06. The number of rotatable bonds is 3. The van der Waals surface area contributed by atoms with E-state index in [0.717, 1.165) is 25.7 Å². The lowest BCUT2D eigenvalue weighted by atomic mass is 9.85. The normalized spacial score (nSPS) is 48.3. The highest BCUT2D eigenvalue weighted by atomic mass is 19.1. The van der Waals surface area contributed by atoms with Crippen LogP contribution >= 0.6 is 0 Å². The molecule has 7 unspecified atom stereocenters. The summed E-state index contributed by atoms with van der Waals surface area (Å²) < 4.78 is 13.9. The lowest BCUT2D eigenvalue weighted by Gasteiger charge is -2.43. The number of nitrogens with one attached hydrogen (secondary N) is 4. The number of hydrogen-bond acceptors (Lipinski definition) is 5. The number of halogens is 1. The molecule has 0 aromatic carbocycles. The van der Waals surface area contributed by atoms with E-state index in [-0.39, 0.29) is 18.4 Å². The quantitative estimate of drug-likeness (QED) is 0.632. The molecule has 122 valence electrons. The van der Waals surface area contributed by atoms with Gasteiger partial charge in [-0.05, 0) is 44.9 Å². The summed E-state index contributed by atoms with van der Waals surface area (Å²) in [7, 11) is 0. The van der Waals surface area contributed by atoms with Crippen LogP contribution in [0.1, 0.15) is 52.9 Å². The van der Waals surface area contributed by atoms with E-state index in [1.807, 2.05) is 6.92 Å². The van der Waals surface area contributed by atoms with Crippen molar-refractivity contribution in [1.82, 2.24) is 26.4 Å². The molecule has 6 heteroatoms. The van der Waals surface area contributed by atoms with Crippen LogP contribution in [0.3, 0.4) is 0 Å². The van der Waals surface area contributed by atoms with Gasteiger partial charge in [-0.15, -0.1) is 0 Å². The fourth-order valence-corrected chi connectivity index (χ4v) is 3.79. The molecule has 2 aliphatic heterocycles. The Balaban J connectivity index is 1.61. The molecule has 4 N–H and O–H groups in total. The van der Waals surface area contributed by atoms with E-state index in [0.29, 0.717) is 24.7 Å². The number of hydrazine groups is 1. The minimum absolute atomic E-state index is 0.167. The van der Waals surface area contributed by atoms with Crippen molar-refractivity contribution in [3.8, 4) is 0 Å². The highest BCUT2D eigenvalue weighted by Gasteiger charge is 2.41. The second kappa shape index (κ2) is 6.46. The van der Waals surface area contributed by atoms with Crippen molar-refractivity contribution in [3.05, 3.63) is 0 Å². The van der Waals surface area contributed by atoms with Gasteiger partial charge in [0.15, 0.2) is 0 Å². The molecule has 0 amide bonds. The summed E-state index contributed by atoms with van der Waals surface area (Å²) in [5.74, 6) is 0.221. The maximum absolute atomic E-state index is 13.9. The maximum atomic E-state index is 13.9. The van der Waals surface area contributed by atoms with Gasteiger partial charge in [-0.2, -0.15) is 5.01 Å². The van der Waals surface area contributed by atoms with Gasteiger partial charge in [0.25, 0.3) is 0 Å². The minimum atomic E-state index is -0.653. The van der Waals surface area contributed by atoms with Crippen LogP contribution in [0.2, 0.25) is 0 Å². The number of hydrogen-bond donors (Lipinski definition) is 4. The van der Waals surface area contributed by atoms with Crippen LogP contribution in [0.25, 0.3) is 0 Å². The Kier molecular flexibility index (Phi) is 4.81. The lowest BCUT2D eigenvalue weighted by molar-refractivity contribution is 0.00469. The fourth-order valence-electron chi connectivity index (χ4n) is 3.79. The van der Waals surface area contributed by atoms with Gasteiger partial charge in [0.2, 0.25) is 0 Å². The zero-order valence-electron chi connectivity index (χ0n) is 13.4. The lowest BCUT2D eigenvalue weighted by Crippen LogP contribution is -2.67. The third-order valence-electron chi connectivity index (χ3n) is 5.23. The van der Waals surface area contributed by atoms with Gasteiger partial charge in [-0.25, -0.2) is 9.82 Å². The Morgan fingerprint density at radius 1 is 1.19 bits per heavy atom. The van der Waals surface area contributed by atoms with Gasteiger partial charge < -0.3 is 0 Å². The van der Waals surface area contributed by atoms with Crippen LogP contribution in [0.4, 0.5) is 4.39 Å². The molecule has 0 aromatic rings. The molecule has 2 heterocycles. The van der Waals surface area contributed by atoms with Crippen molar-refractivity contribution >= 4 is 0 Å². The van der Waals surface area contributed by atoms with Gasteiger partial charge >= 0.3 is 0 Å². The second-order valence-corrected chi connectivity index (χ2v) is 7.06.